The van der Waals surface area contributed by atoms with Crippen LogP contribution in [0, 0.1) is 0 Å². The fraction of sp³-hybridized carbons (Fsp3) is 0.550. The number of fused-ring (bicyclic) bond motifs is 1. The maximum atomic E-state index is 10.3. The second-order valence-electron chi connectivity index (χ2n) is 7.22. The van der Waals surface area contributed by atoms with E-state index >= 15 is 0 Å². The number of imidazole rings is 1. The van der Waals surface area contributed by atoms with Crippen molar-refractivity contribution in [3.63, 3.8) is 0 Å². The molecule has 0 spiro atoms. The van der Waals surface area contributed by atoms with Crippen molar-refractivity contribution in [1.29, 1.82) is 0 Å². The van der Waals surface area contributed by atoms with E-state index in [0.717, 1.165) is 36.6 Å². The second-order valence-corrected chi connectivity index (χ2v) is 7.22. The molecule has 3 rings (SSSR count). The molecule has 1 N–H and O–H groups in total. The monoisotopic (exact) mass is 343 g/mol. The fourth-order valence-electron chi connectivity index (χ4n) is 3.51. The summed E-state index contributed by atoms with van der Waals surface area (Å²) in [6.07, 6.45) is 0.516. The molecular weight excluding hydrogens is 314 g/mol. The Bertz CT molecular complexity index is 682. The van der Waals surface area contributed by atoms with Gasteiger partial charge >= 0.3 is 0 Å². The summed E-state index contributed by atoms with van der Waals surface area (Å²) in [5.74, 6) is 1.58. The summed E-state index contributed by atoms with van der Waals surface area (Å²) in [4.78, 5) is 7.09. The third-order valence-corrected chi connectivity index (χ3v) is 4.78. The van der Waals surface area contributed by atoms with Gasteiger partial charge in [0.25, 0.3) is 0 Å². The molecule has 0 radical (unpaired) electrons. The van der Waals surface area contributed by atoms with E-state index in [0.29, 0.717) is 25.7 Å². The van der Waals surface area contributed by atoms with Crippen molar-refractivity contribution in [2.75, 3.05) is 19.7 Å². The first-order valence-electron chi connectivity index (χ1n) is 9.11. The molecular formula is C20H29N3O2. The van der Waals surface area contributed by atoms with Gasteiger partial charge < -0.3 is 14.4 Å². The van der Waals surface area contributed by atoms with E-state index in [4.69, 9.17) is 9.72 Å². The molecule has 0 bridgehead atoms. The van der Waals surface area contributed by atoms with Gasteiger partial charge in [-0.25, -0.2) is 4.98 Å². The van der Waals surface area contributed by atoms with Crippen LogP contribution in [0.4, 0.5) is 0 Å². The van der Waals surface area contributed by atoms with Gasteiger partial charge in [-0.05, 0) is 5.56 Å². The molecule has 1 atom stereocenters. The second kappa shape index (κ2) is 8.13. The van der Waals surface area contributed by atoms with Crippen LogP contribution in [0.2, 0.25) is 0 Å². The van der Waals surface area contributed by atoms with Crippen LogP contribution < -0.4 is 0 Å². The lowest BCUT2D eigenvalue weighted by Crippen LogP contribution is -2.38. The Balaban J connectivity index is 1.48. The third kappa shape index (κ3) is 4.48. The van der Waals surface area contributed by atoms with E-state index in [1.54, 1.807) is 0 Å². The molecule has 136 valence electrons. The normalized spacial score (nSPS) is 16.2. The predicted molar refractivity (Wildman–Crippen MR) is 98.4 cm³/mol. The summed E-state index contributed by atoms with van der Waals surface area (Å²) in [6.45, 7) is 7.66. The summed E-state index contributed by atoms with van der Waals surface area (Å²) in [5, 5.41) is 10.3. The van der Waals surface area contributed by atoms with Crippen LogP contribution in [0.5, 0.6) is 0 Å². The van der Waals surface area contributed by atoms with Crippen molar-refractivity contribution < 1.29 is 9.84 Å². The SMILES string of the molecule is CC(C)c1nc2c(n1C)CCN(CC(O)COCc1ccccc1)C2. The molecule has 2 aromatic rings. The van der Waals surface area contributed by atoms with E-state index in [9.17, 15) is 5.11 Å². The van der Waals surface area contributed by atoms with Gasteiger partial charge in [0.15, 0.2) is 0 Å². The molecule has 1 aromatic carbocycles. The molecule has 0 saturated carbocycles. The van der Waals surface area contributed by atoms with Crippen molar-refractivity contribution in [2.45, 2.75) is 45.4 Å². The van der Waals surface area contributed by atoms with E-state index in [1.807, 2.05) is 30.3 Å². The minimum absolute atomic E-state index is 0.359. The van der Waals surface area contributed by atoms with Crippen molar-refractivity contribution in [2.24, 2.45) is 7.05 Å². The smallest absolute Gasteiger partial charge is 0.111 e. The Kier molecular flexibility index (Phi) is 5.89. The topological polar surface area (TPSA) is 50.5 Å². The number of rotatable bonds is 7. The van der Waals surface area contributed by atoms with Gasteiger partial charge in [0.05, 0.1) is 25.0 Å². The van der Waals surface area contributed by atoms with E-state index in [2.05, 4.69) is 30.4 Å². The number of aliphatic hydroxyl groups excluding tert-OH is 1. The van der Waals surface area contributed by atoms with Gasteiger partial charge in [-0.1, -0.05) is 44.2 Å². The first kappa shape index (κ1) is 18.1. The first-order chi connectivity index (χ1) is 12.0. The largest absolute Gasteiger partial charge is 0.389 e. The molecule has 1 aromatic heterocycles. The first-order valence-corrected chi connectivity index (χ1v) is 9.11. The molecule has 1 unspecified atom stereocenters. The lowest BCUT2D eigenvalue weighted by Gasteiger charge is -2.28. The van der Waals surface area contributed by atoms with Gasteiger partial charge in [-0.2, -0.15) is 0 Å². The zero-order chi connectivity index (χ0) is 17.8. The molecule has 0 saturated heterocycles. The minimum atomic E-state index is -0.474. The number of hydrogen-bond acceptors (Lipinski definition) is 4. The Morgan fingerprint density at radius 2 is 2.00 bits per heavy atom. The maximum absolute atomic E-state index is 10.3. The van der Waals surface area contributed by atoms with Crippen LogP contribution in [0.25, 0.3) is 0 Å². The average molecular weight is 343 g/mol. The standard InChI is InChI=1S/C20H29N3O2/c1-15(2)20-21-18-12-23(10-9-19(18)22(20)3)11-17(24)14-25-13-16-7-5-4-6-8-16/h4-8,15,17,24H,9-14H2,1-3H3. The zero-order valence-corrected chi connectivity index (χ0v) is 15.5. The quantitative estimate of drug-likeness (QED) is 0.839. The molecule has 1 aliphatic rings. The lowest BCUT2D eigenvalue weighted by molar-refractivity contribution is 0.00744. The fourth-order valence-corrected chi connectivity index (χ4v) is 3.51. The molecule has 25 heavy (non-hydrogen) atoms. The van der Waals surface area contributed by atoms with Crippen LogP contribution in [0.1, 0.15) is 42.5 Å². The highest BCUT2D eigenvalue weighted by Crippen LogP contribution is 2.23. The molecule has 0 fully saturated rings. The molecule has 1 aliphatic heterocycles. The number of nitrogens with zero attached hydrogens (tertiary/aromatic N) is 3. The van der Waals surface area contributed by atoms with Crippen LogP contribution in [0.3, 0.4) is 0 Å². The minimum Gasteiger partial charge on any atom is -0.389 e. The average Bonchev–Trinajstić information content (AvgIpc) is 2.92. The lowest BCUT2D eigenvalue weighted by atomic mass is 10.1. The summed E-state index contributed by atoms with van der Waals surface area (Å²) in [5.41, 5.74) is 3.64. The van der Waals surface area contributed by atoms with Gasteiger partial charge in [0, 0.05) is 44.7 Å². The highest BCUT2D eigenvalue weighted by Gasteiger charge is 2.24. The van der Waals surface area contributed by atoms with E-state index in [-0.39, 0.29) is 0 Å². The number of β-amino-alcohol motifs (C(OH)–C–C–N with tert-alkyl or cyclic N) is 1. The highest BCUT2D eigenvalue weighted by molar-refractivity contribution is 5.21. The number of benzene rings is 1. The Labute approximate surface area is 150 Å². The van der Waals surface area contributed by atoms with Crippen LogP contribution >= 0.6 is 0 Å². The molecule has 0 aliphatic carbocycles. The van der Waals surface area contributed by atoms with Crippen molar-refractivity contribution in [1.82, 2.24) is 14.5 Å². The molecule has 2 heterocycles. The van der Waals surface area contributed by atoms with Gasteiger partial charge in [-0.3, -0.25) is 4.90 Å². The van der Waals surface area contributed by atoms with Crippen LogP contribution in [-0.4, -0.2) is 45.4 Å². The number of aromatic nitrogens is 2. The van der Waals surface area contributed by atoms with Crippen LogP contribution in [-0.2, 0) is 31.4 Å². The van der Waals surface area contributed by atoms with Gasteiger partial charge in [-0.15, -0.1) is 0 Å². The third-order valence-electron chi connectivity index (χ3n) is 4.78. The number of hydrogen-bond donors (Lipinski definition) is 1. The Hall–Kier alpha value is -1.69. The van der Waals surface area contributed by atoms with Gasteiger partial charge in [0.1, 0.15) is 5.82 Å². The highest BCUT2D eigenvalue weighted by atomic mass is 16.5. The predicted octanol–water partition coefficient (Wildman–Crippen LogP) is 2.48. The van der Waals surface area contributed by atoms with E-state index in [1.165, 1.54) is 5.69 Å². The molecule has 0 amide bonds. The van der Waals surface area contributed by atoms with Crippen molar-refractivity contribution in [3.8, 4) is 0 Å². The number of ether oxygens (including phenoxy) is 1. The van der Waals surface area contributed by atoms with Crippen molar-refractivity contribution >= 4 is 0 Å². The van der Waals surface area contributed by atoms with Crippen molar-refractivity contribution in [3.05, 3.63) is 53.1 Å². The zero-order valence-electron chi connectivity index (χ0n) is 15.5. The summed E-state index contributed by atoms with van der Waals surface area (Å²) >= 11 is 0. The van der Waals surface area contributed by atoms with Crippen LogP contribution in [0.15, 0.2) is 30.3 Å². The Morgan fingerprint density at radius 3 is 2.72 bits per heavy atom. The maximum Gasteiger partial charge on any atom is 0.111 e. The van der Waals surface area contributed by atoms with Gasteiger partial charge in [0.2, 0.25) is 0 Å². The summed E-state index contributed by atoms with van der Waals surface area (Å²) in [7, 11) is 2.11. The summed E-state index contributed by atoms with van der Waals surface area (Å²) in [6, 6.07) is 10.1. The number of aliphatic hydroxyl groups is 1. The molecule has 5 heteroatoms. The molecule has 5 nitrogen and oxygen atoms in total. The summed E-state index contributed by atoms with van der Waals surface area (Å²) < 4.78 is 7.90. The Morgan fingerprint density at radius 1 is 1.24 bits per heavy atom. The van der Waals surface area contributed by atoms with E-state index < -0.39 is 6.10 Å².